The second-order valence-electron chi connectivity index (χ2n) is 30.5. The molecule has 3 aromatic carbocycles. The summed E-state index contributed by atoms with van der Waals surface area (Å²) in [6.07, 6.45) is 0. The fourth-order valence-electron chi connectivity index (χ4n) is 14.2. The average Bonchev–Trinajstić information content (AvgIpc) is 0.800. The molecule has 17 heteroatoms. The summed E-state index contributed by atoms with van der Waals surface area (Å²) in [5.41, 5.74) is 52.7. The van der Waals surface area contributed by atoms with Crippen molar-refractivity contribution >= 4 is 77.1 Å². The monoisotopic (exact) mass is 1460 g/mol. The molecular formula is C92H117N17. The molecule has 570 valence electrons. The predicted octanol–water partition coefficient (Wildman–Crippen LogP) is 21.6. The van der Waals surface area contributed by atoms with Gasteiger partial charge in [0.2, 0.25) is 0 Å². The fourth-order valence-corrected chi connectivity index (χ4v) is 14.2. The Kier molecular flexibility index (Phi) is 25.7. The van der Waals surface area contributed by atoms with E-state index in [2.05, 4.69) is 258 Å². The van der Waals surface area contributed by atoms with Gasteiger partial charge in [0, 0.05) is 61.1 Å². The van der Waals surface area contributed by atoms with Crippen molar-refractivity contribution in [3.8, 4) is 0 Å². The van der Waals surface area contributed by atoms with Crippen molar-refractivity contribution in [2.75, 3.05) is 0 Å². The maximum atomic E-state index is 4.68. The van der Waals surface area contributed by atoms with Crippen LogP contribution in [0.1, 0.15) is 219 Å². The van der Waals surface area contributed by atoms with Crippen LogP contribution in [0.5, 0.6) is 0 Å². The molecule has 0 spiro atoms. The van der Waals surface area contributed by atoms with Gasteiger partial charge in [0.25, 0.3) is 0 Å². The first-order valence-electron chi connectivity index (χ1n) is 37.9. The first-order chi connectivity index (χ1) is 50.8. The van der Waals surface area contributed by atoms with Crippen LogP contribution in [0, 0.1) is 270 Å². The molecule has 0 fully saturated rings. The Morgan fingerprint density at radius 3 is 0.817 bits per heavy atom. The van der Waals surface area contributed by atoms with Gasteiger partial charge in [-0.2, -0.15) is 10.2 Å². The zero-order valence-corrected chi connectivity index (χ0v) is 73.1. The molecule has 11 aromatic heterocycles. The van der Waals surface area contributed by atoms with Gasteiger partial charge < -0.3 is 0 Å². The number of benzene rings is 3. The summed E-state index contributed by atoms with van der Waals surface area (Å²) in [5.74, 6) is 1.64. The SMILES string of the molecule is Cc1nc(C)c2c(C)c(C)c(C)c(C)c2n1.Cc1nc(C)c2c(C)c(C)c(C)nc2n1.Cc1nc2c(C)c(C)c(C)c(C)c2nc1C.Cc1nc2nc(C)c(C)c(C)c2c(C)c1C.Cc1nc2nc(C)c(C)c(C)c2nc1C.Cc1nc2nnc(C)c(C)c2c(C)c1C.Cc1nnc2c(C)c(C)c(C)c(C)c2c1C. The van der Waals surface area contributed by atoms with E-state index in [4.69, 9.17) is 0 Å². The molecule has 0 amide bonds. The molecule has 0 aliphatic carbocycles. The molecule has 0 aliphatic heterocycles. The van der Waals surface area contributed by atoms with Gasteiger partial charge in [-0.3, -0.25) is 0 Å². The van der Waals surface area contributed by atoms with Crippen molar-refractivity contribution in [3.63, 3.8) is 0 Å². The second-order valence-corrected chi connectivity index (χ2v) is 30.5. The maximum Gasteiger partial charge on any atom is 0.182 e. The lowest BCUT2D eigenvalue weighted by molar-refractivity contribution is 0.971. The van der Waals surface area contributed by atoms with E-state index in [1.165, 1.54) is 150 Å². The molecular weight excluding hydrogens is 1340 g/mol. The topological polar surface area (TPSA) is 219 Å². The summed E-state index contributed by atoms with van der Waals surface area (Å²) < 4.78 is 0. The third-order valence-electron chi connectivity index (χ3n) is 24.1. The van der Waals surface area contributed by atoms with Crippen molar-refractivity contribution < 1.29 is 0 Å². The number of nitrogens with zero attached hydrogens (tertiary/aromatic N) is 17. The van der Waals surface area contributed by atoms with Crippen LogP contribution in [0.3, 0.4) is 0 Å². The second kappa shape index (κ2) is 33.3. The summed E-state index contributed by atoms with van der Waals surface area (Å²) in [6.45, 7) is 81.4. The van der Waals surface area contributed by atoms with E-state index in [0.717, 1.165) is 147 Å². The highest BCUT2D eigenvalue weighted by Gasteiger charge is 2.19. The van der Waals surface area contributed by atoms with Gasteiger partial charge in [0.05, 0.1) is 61.9 Å². The molecule has 0 saturated carbocycles. The van der Waals surface area contributed by atoms with Gasteiger partial charge in [-0.05, 0) is 404 Å². The van der Waals surface area contributed by atoms with Crippen LogP contribution >= 0.6 is 0 Å². The Hall–Kier alpha value is -10.3. The van der Waals surface area contributed by atoms with Crippen molar-refractivity contribution in [2.45, 2.75) is 270 Å². The summed E-state index contributed by atoms with van der Waals surface area (Å²) in [5, 5.41) is 22.8. The van der Waals surface area contributed by atoms with E-state index in [9.17, 15) is 0 Å². The molecule has 109 heavy (non-hydrogen) atoms. The summed E-state index contributed by atoms with van der Waals surface area (Å²) in [7, 11) is 0. The summed E-state index contributed by atoms with van der Waals surface area (Å²) >= 11 is 0. The number of aromatic nitrogens is 17. The molecule has 0 unspecified atom stereocenters. The van der Waals surface area contributed by atoms with Crippen molar-refractivity contribution in [2.24, 2.45) is 0 Å². The van der Waals surface area contributed by atoms with Crippen LogP contribution in [0.15, 0.2) is 0 Å². The molecule has 0 N–H and O–H groups in total. The Bertz CT molecular complexity index is 5880. The molecule has 0 bridgehead atoms. The number of hydrogen-bond acceptors (Lipinski definition) is 17. The number of hydrogen-bond donors (Lipinski definition) is 0. The third-order valence-corrected chi connectivity index (χ3v) is 24.1. The highest BCUT2D eigenvalue weighted by molar-refractivity contribution is 5.92. The number of rotatable bonds is 0. The smallest absolute Gasteiger partial charge is 0.182 e. The normalized spacial score (nSPS) is 11.1. The van der Waals surface area contributed by atoms with Crippen LogP contribution < -0.4 is 0 Å². The molecule has 14 rings (SSSR count). The van der Waals surface area contributed by atoms with Crippen molar-refractivity contribution in [1.82, 2.24) is 85.2 Å². The van der Waals surface area contributed by atoms with Crippen LogP contribution in [-0.2, 0) is 0 Å². The molecule has 14 aromatic rings. The molecule has 0 saturated heterocycles. The Morgan fingerprint density at radius 1 is 0.110 bits per heavy atom. The van der Waals surface area contributed by atoms with E-state index in [1.807, 2.05) is 96.9 Å². The molecule has 0 atom stereocenters. The Balaban J connectivity index is 0.000000160. The minimum atomic E-state index is 0.763. The molecule has 0 radical (unpaired) electrons. The van der Waals surface area contributed by atoms with Crippen molar-refractivity contribution in [3.05, 3.63) is 219 Å². The van der Waals surface area contributed by atoms with E-state index < -0.39 is 0 Å². The largest absolute Gasteiger partial charge is 0.249 e. The highest BCUT2D eigenvalue weighted by atomic mass is 15.1. The van der Waals surface area contributed by atoms with Gasteiger partial charge in [0.15, 0.2) is 22.6 Å². The maximum absolute atomic E-state index is 4.68. The van der Waals surface area contributed by atoms with Gasteiger partial charge in [-0.1, -0.05) is 0 Å². The van der Waals surface area contributed by atoms with E-state index in [0.29, 0.717) is 0 Å². The van der Waals surface area contributed by atoms with Crippen LogP contribution in [0.25, 0.3) is 77.1 Å². The molecule has 11 heterocycles. The first kappa shape index (κ1) is 84.3. The third kappa shape index (κ3) is 16.7. The number of aryl methyl sites for hydroxylation is 28. The standard InChI is InChI=1S/4C14H18N2.3C12H15N3/c1-7-9(3)13-10(4)8(2)12(6)16-14(13)15-11(7)5;1-7-8(2)10(4)14-13(9(7)3)11(5)15-12(6)16-14;1-7-8(2)10(4)14-13(9(7)3)15-11(5)12(6)16-14;1-7-8(2)10(4)14-13(9(7)3)11(5)12(6)15-16-14;1-6-7(2)11-8(3)10(5)14-15-12(11)13-9(6)4;1-6-7(2)11-9(4)13-10(5)15-12(11)14-8(6)3;1-6-7(2)11-12(14-8(6)3)15-10(5)9(4)13-11/h4*1-6H3;3*1-5H3. The summed E-state index contributed by atoms with van der Waals surface area (Å²) in [6, 6.07) is 0. The number of pyridine rings is 5. The molecule has 17 nitrogen and oxygen atoms in total. The Morgan fingerprint density at radius 2 is 0.376 bits per heavy atom. The first-order valence-corrected chi connectivity index (χ1v) is 37.9. The van der Waals surface area contributed by atoms with Crippen molar-refractivity contribution in [1.29, 1.82) is 0 Å². The fraction of sp³-hybridized carbons (Fsp3) is 0.424. The van der Waals surface area contributed by atoms with Crippen LogP contribution in [-0.4, -0.2) is 85.2 Å². The van der Waals surface area contributed by atoms with Crippen LogP contribution in [0.2, 0.25) is 0 Å². The highest BCUT2D eigenvalue weighted by Crippen LogP contribution is 2.34. The van der Waals surface area contributed by atoms with Gasteiger partial charge in [-0.15, -0.1) is 10.2 Å². The quantitative estimate of drug-likeness (QED) is 0.138. The Labute approximate surface area is 647 Å². The van der Waals surface area contributed by atoms with E-state index in [-0.39, 0.29) is 0 Å². The lowest BCUT2D eigenvalue weighted by Crippen LogP contribution is -2.01. The molecule has 0 aliphatic rings. The lowest BCUT2D eigenvalue weighted by atomic mass is 9.92. The minimum Gasteiger partial charge on any atom is -0.249 e. The van der Waals surface area contributed by atoms with Crippen LogP contribution in [0.4, 0.5) is 0 Å². The summed E-state index contributed by atoms with van der Waals surface area (Å²) in [4.78, 5) is 58.8. The number of fused-ring (bicyclic) bond motifs is 7. The predicted molar refractivity (Wildman–Crippen MR) is 455 cm³/mol. The van der Waals surface area contributed by atoms with E-state index >= 15 is 0 Å². The van der Waals surface area contributed by atoms with Gasteiger partial charge >= 0.3 is 0 Å². The zero-order valence-electron chi connectivity index (χ0n) is 73.1. The zero-order chi connectivity index (χ0) is 81.6. The average molecular weight is 1460 g/mol. The lowest BCUT2D eigenvalue weighted by Gasteiger charge is -2.15. The van der Waals surface area contributed by atoms with E-state index in [1.54, 1.807) is 0 Å². The minimum absolute atomic E-state index is 0.763. The van der Waals surface area contributed by atoms with Gasteiger partial charge in [-0.25, -0.2) is 64.8 Å². The van der Waals surface area contributed by atoms with Gasteiger partial charge in [0.1, 0.15) is 17.2 Å².